The summed E-state index contributed by atoms with van der Waals surface area (Å²) in [4.78, 5) is 8.52. The third-order valence-electron chi connectivity index (χ3n) is 2.40. The molecule has 16 heavy (non-hydrogen) atoms. The Bertz CT molecular complexity index is 477. The molecule has 0 bridgehead atoms. The lowest BCUT2D eigenvalue weighted by molar-refractivity contribution is 0.271. The maximum atomic E-state index is 9.07. The molecule has 0 unspecified atom stereocenters. The first kappa shape index (κ1) is 11.2. The summed E-state index contributed by atoms with van der Waals surface area (Å²) in [6.45, 7) is 2.97. The van der Waals surface area contributed by atoms with Crippen molar-refractivity contribution in [3.63, 3.8) is 0 Å². The van der Waals surface area contributed by atoms with E-state index in [0.29, 0.717) is 0 Å². The average molecular weight is 238 g/mol. The molecule has 2 rings (SSSR count). The predicted molar refractivity (Wildman–Crippen MR) is 61.2 cm³/mol. The van der Waals surface area contributed by atoms with E-state index < -0.39 is 0 Å². The van der Waals surface area contributed by atoms with Gasteiger partial charge in [-0.05, 0) is 18.7 Å². The summed E-state index contributed by atoms with van der Waals surface area (Å²) in [6, 6.07) is 0. The van der Waals surface area contributed by atoms with Crippen molar-refractivity contribution in [2.24, 2.45) is 7.05 Å². The molecule has 0 aromatic carbocycles. The van der Waals surface area contributed by atoms with E-state index in [0.717, 1.165) is 22.6 Å². The molecule has 0 radical (unpaired) electrons. The van der Waals surface area contributed by atoms with Crippen molar-refractivity contribution in [3.8, 4) is 0 Å². The minimum absolute atomic E-state index is 0.00623. The molecule has 6 heteroatoms. The van der Waals surface area contributed by atoms with Crippen molar-refractivity contribution in [1.82, 2.24) is 19.1 Å². The van der Waals surface area contributed by atoms with Crippen LogP contribution in [0.15, 0.2) is 28.9 Å². The quantitative estimate of drug-likeness (QED) is 0.871. The zero-order valence-electron chi connectivity index (χ0n) is 9.29. The Kier molecular flexibility index (Phi) is 3.31. The van der Waals surface area contributed by atoms with Gasteiger partial charge in [-0.1, -0.05) is 0 Å². The highest BCUT2D eigenvalue weighted by Gasteiger charge is 2.10. The van der Waals surface area contributed by atoms with E-state index in [9.17, 15) is 0 Å². The Morgan fingerprint density at radius 3 is 2.81 bits per heavy atom. The van der Waals surface area contributed by atoms with Crippen molar-refractivity contribution < 1.29 is 5.11 Å². The fourth-order valence-electron chi connectivity index (χ4n) is 1.39. The third-order valence-corrected chi connectivity index (χ3v) is 3.49. The highest BCUT2D eigenvalue weighted by Crippen LogP contribution is 2.25. The zero-order valence-corrected chi connectivity index (χ0v) is 10.1. The SMILES string of the molecule is CCn1ccnc1Sc1ncc(CO)n1C. The van der Waals surface area contributed by atoms with Crippen LogP contribution in [0.2, 0.25) is 0 Å². The van der Waals surface area contributed by atoms with Gasteiger partial charge in [0.15, 0.2) is 10.3 Å². The largest absolute Gasteiger partial charge is 0.390 e. The summed E-state index contributed by atoms with van der Waals surface area (Å²) in [5, 5.41) is 10.8. The molecule has 0 aliphatic rings. The molecule has 0 aliphatic carbocycles. The fraction of sp³-hybridized carbons (Fsp3) is 0.400. The number of aryl methyl sites for hydroxylation is 1. The van der Waals surface area contributed by atoms with Gasteiger partial charge in [-0.2, -0.15) is 0 Å². The van der Waals surface area contributed by atoms with Gasteiger partial charge in [0.25, 0.3) is 0 Å². The molecular weight excluding hydrogens is 224 g/mol. The van der Waals surface area contributed by atoms with Crippen molar-refractivity contribution in [2.75, 3.05) is 0 Å². The van der Waals surface area contributed by atoms with E-state index >= 15 is 0 Å². The first-order valence-electron chi connectivity index (χ1n) is 5.06. The minimum atomic E-state index is 0.00623. The summed E-state index contributed by atoms with van der Waals surface area (Å²) >= 11 is 1.50. The van der Waals surface area contributed by atoms with E-state index in [1.165, 1.54) is 11.8 Å². The van der Waals surface area contributed by atoms with Gasteiger partial charge in [-0.25, -0.2) is 9.97 Å². The van der Waals surface area contributed by atoms with Gasteiger partial charge < -0.3 is 14.2 Å². The number of hydrogen-bond donors (Lipinski definition) is 1. The Labute approximate surface area is 98.1 Å². The fourth-order valence-corrected chi connectivity index (χ4v) is 2.33. The van der Waals surface area contributed by atoms with Crippen LogP contribution in [0.3, 0.4) is 0 Å². The van der Waals surface area contributed by atoms with Crippen molar-refractivity contribution in [1.29, 1.82) is 0 Å². The van der Waals surface area contributed by atoms with E-state index in [4.69, 9.17) is 5.11 Å². The van der Waals surface area contributed by atoms with Crippen LogP contribution in [0.4, 0.5) is 0 Å². The lowest BCUT2D eigenvalue weighted by Crippen LogP contribution is -1.99. The highest BCUT2D eigenvalue weighted by atomic mass is 32.2. The van der Waals surface area contributed by atoms with Crippen LogP contribution in [0, 0.1) is 0 Å². The second kappa shape index (κ2) is 4.71. The first-order chi connectivity index (χ1) is 7.76. The van der Waals surface area contributed by atoms with Gasteiger partial charge in [0.05, 0.1) is 18.5 Å². The average Bonchev–Trinajstić information content (AvgIpc) is 2.87. The predicted octanol–water partition coefficient (Wildman–Crippen LogP) is 1.28. The summed E-state index contributed by atoms with van der Waals surface area (Å²) in [5.74, 6) is 0. The van der Waals surface area contributed by atoms with E-state index in [2.05, 4.69) is 21.5 Å². The maximum absolute atomic E-state index is 9.07. The topological polar surface area (TPSA) is 55.9 Å². The van der Waals surface area contributed by atoms with Crippen molar-refractivity contribution in [3.05, 3.63) is 24.3 Å². The number of aromatic nitrogens is 4. The molecule has 2 aromatic rings. The maximum Gasteiger partial charge on any atom is 0.175 e. The molecule has 0 aliphatic heterocycles. The van der Waals surface area contributed by atoms with Crippen LogP contribution in [0.25, 0.3) is 0 Å². The zero-order chi connectivity index (χ0) is 11.5. The molecule has 2 aromatic heterocycles. The molecule has 0 amide bonds. The van der Waals surface area contributed by atoms with Crippen LogP contribution < -0.4 is 0 Å². The summed E-state index contributed by atoms with van der Waals surface area (Å²) in [5.41, 5.74) is 0.803. The number of aliphatic hydroxyl groups excluding tert-OH is 1. The summed E-state index contributed by atoms with van der Waals surface area (Å²) in [7, 11) is 1.89. The van der Waals surface area contributed by atoms with Gasteiger partial charge in [-0.3, -0.25) is 0 Å². The Hall–Kier alpha value is -1.27. The van der Waals surface area contributed by atoms with Crippen LogP contribution in [-0.2, 0) is 20.2 Å². The standard InChI is InChI=1S/C10H14N4OS/c1-3-14-5-4-11-10(14)16-9-12-6-8(7-15)13(9)2/h4-6,15H,3,7H2,1-2H3. The third kappa shape index (κ3) is 1.98. The van der Waals surface area contributed by atoms with Gasteiger partial charge in [0.1, 0.15) is 0 Å². The molecule has 0 spiro atoms. The number of aliphatic hydroxyl groups is 1. The summed E-state index contributed by atoms with van der Waals surface area (Å²) < 4.78 is 3.93. The molecule has 0 saturated carbocycles. The lowest BCUT2D eigenvalue weighted by Gasteiger charge is -2.05. The Balaban J connectivity index is 2.23. The molecule has 2 heterocycles. The van der Waals surface area contributed by atoms with Gasteiger partial charge in [0, 0.05) is 26.0 Å². The molecule has 0 saturated heterocycles. The second-order valence-electron chi connectivity index (χ2n) is 3.35. The van der Waals surface area contributed by atoms with Crippen LogP contribution >= 0.6 is 11.8 Å². The Morgan fingerprint density at radius 2 is 2.19 bits per heavy atom. The molecule has 1 N–H and O–H groups in total. The molecule has 86 valence electrons. The number of rotatable bonds is 4. The minimum Gasteiger partial charge on any atom is -0.390 e. The van der Waals surface area contributed by atoms with Crippen LogP contribution in [0.1, 0.15) is 12.6 Å². The van der Waals surface area contributed by atoms with Gasteiger partial charge in [0.2, 0.25) is 0 Å². The second-order valence-corrected chi connectivity index (χ2v) is 4.28. The lowest BCUT2D eigenvalue weighted by atomic mass is 10.5. The molecule has 5 nitrogen and oxygen atoms in total. The smallest absolute Gasteiger partial charge is 0.175 e. The molecule has 0 fully saturated rings. The molecule has 0 atom stereocenters. The first-order valence-corrected chi connectivity index (χ1v) is 5.88. The number of nitrogens with zero attached hydrogens (tertiary/aromatic N) is 4. The van der Waals surface area contributed by atoms with E-state index in [-0.39, 0.29) is 6.61 Å². The van der Waals surface area contributed by atoms with Crippen LogP contribution in [0.5, 0.6) is 0 Å². The van der Waals surface area contributed by atoms with Gasteiger partial charge in [-0.15, -0.1) is 0 Å². The van der Waals surface area contributed by atoms with Crippen LogP contribution in [-0.4, -0.2) is 24.2 Å². The normalized spacial score (nSPS) is 10.9. The van der Waals surface area contributed by atoms with Crippen molar-refractivity contribution >= 4 is 11.8 Å². The van der Waals surface area contributed by atoms with E-state index in [1.54, 1.807) is 12.4 Å². The Morgan fingerprint density at radius 1 is 1.38 bits per heavy atom. The highest BCUT2D eigenvalue weighted by molar-refractivity contribution is 7.99. The number of hydrogen-bond acceptors (Lipinski definition) is 4. The summed E-state index contributed by atoms with van der Waals surface area (Å²) in [6.07, 6.45) is 5.40. The molecular formula is C10H14N4OS. The van der Waals surface area contributed by atoms with Crippen molar-refractivity contribution in [2.45, 2.75) is 30.4 Å². The van der Waals surface area contributed by atoms with Gasteiger partial charge >= 0.3 is 0 Å². The van der Waals surface area contributed by atoms with E-state index in [1.807, 2.05) is 17.8 Å². The monoisotopic (exact) mass is 238 g/mol. The number of imidazole rings is 2.